The van der Waals surface area contributed by atoms with Gasteiger partial charge in [-0.15, -0.1) is 11.3 Å². The fraction of sp³-hybridized carbons (Fsp3) is 0.333. The largest absolute Gasteiger partial charge is 0.347 e. The molecule has 0 unspecified atom stereocenters. The minimum absolute atomic E-state index is 0.0611. The Hall–Kier alpha value is -1.95. The number of carbonyl (C=O) groups excluding carboxylic acids is 2. The Morgan fingerprint density at radius 3 is 2.86 bits per heavy atom. The number of nitrogens with zero attached hydrogens (tertiary/aromatic N) is 1. The van der Waals surface area contributed by atoms with E-state index in [9.17, 15) is 14.0 Å². The quantitative estimate of drug-likeness (QED) is 0.877. The van der Waals surface area contributed by atoms with E-state index in [0.717, 1.165) is 11.8 Å². The zero-order chi connectivity index (χ0) is 14.6. The minimum atomic E-state index is -0.292. The summed E-state index contributed by atoms with van der Waals surface area (Å²) in [5.41, 5.74) is -0.214. The lowest BCUT2D eigenvalue weighted by Crippen LogP contribution is -2.68. The minimum Gasteiger partial charge on any atom is -0.347 e. The molecule has 0 radical (unpaired) electrons. The van der Waals surface area contributed by atoms with Gasteiger partial charge in [0, 0.05) is 19.5 Å². The second-order valence-corrected chi connectivity index (χ2v) is 6.81. The van der Waals surface area contributed by atoms with Crippen LogP contribution in [0.3, 0.4) is 0 Å². The Labute approximate surface area is 124 Å². The number of fused-ring (bicyclic) bond motifs is 1. The highest BCUT2D eigenvalue weighted by molar-refractivity contribution is 7.20. The number of hydrogen-bond donors (Lipinski definition) is 1. The van der Waals surface area contributed by atoms with Crippen LogP contribution in [0.2, 0.25) is 0 Å². The van der Waals surface area contributed by atoms with Crippen LogP contribution < -0.4 is 5.32 Å². The predicted molar refractivity (Wildman–Crippen MR) is 77.8 cm³/mol. The summed E-state index contributed by atoms with van der Waals surface area (Å²) in [7, 11) is 0. The van der Waals surface area contributed by atoms with Crippen LogP contribution in [-0.2, 0) is 4.79 Å². The van der Waals surface area contributed by atoms with Gasteiger partial charge in [-0.3, -0.25) is 9.59 Å². The maximum atomic E-state index is 13.7. The molecule has 2 aromatic rings. The third kappa shape index (κ3) is 1.93. The van der Waals surface area contributed by atoms with Crippen LogP contribution in [0, 0.1) is 5.82 Å². The zero-order valence-corrected chi connectivity index (χ0v) is 12.0. The highest BCUT2D eigenvalue weighted by Gasteiger charge is 2.49. The lowest BCUT2D eigenvalue weighted by molar-refractivity contribution is -0.120. The molecule has 2 aliphatic rings. The number of thiophene rings is 1. The second-order valence-electron chi connectivity index (χ2n) is 5.76. The molecule has 3 heterocycles. The van der Waals surface area contributed by atoms with E-state index in [1.54, 1.807) is 23.1 Å². The van der Waals surface area contributed by atoms with Crippen LogP contribution in [0.4, 0.5) is 4.39 Å². The van der Waals surface area contributed by atoms with Gasteiger partial charge < -0.3 is 10.2 Å². The first-order chi connectivity index (χ1) is 10.1. The number of halogens is 1. The Kier molecular flexibility index (Phi) is 2.60. The van der Waals surface area contributed by atoms with Crippen molar-refractivity contribution in [2.75, 3.05) is 13.1 Å². The van der Waals surface area contributed by atoms with Gasteiger partial charge in [-0.2, -0.15) is 0 Å². The normalized spacial score (nSPS) is 19.9. The summed E-state index contributed by atoms with van der Waals surface area (Å²) >= 11 is 1.19. The van der Waals surface area contributed by atoms with Gasteiger partial charge in [0.25, 0.3) is 5.91 Å². The first kappa shape index (κ1) is 12.8. The lowest BCUT2D eigenvalue weighted by Gasteiger charge is -2.47. The second kappa shape index (κ2) is 4.27. The van der Waals surface area contributed by atoms with Crippen molar-refractivity contribution in [3.8, 4) is 0 Å². The number of hydrogen-bond acceptors (Lipinski definition) is 3. The van der Waals surface area contributed by atoms with Gasteiger partial charge >= 0.3 is 0 Å². The number of benzene rings is 1. The van der Waals surface area contributed by atoms with Crippen LogP contribution >= 0.6 is 11.3 Å². The number of amides is 2. The molecule has 1 spiro atoms. The van der Waals surface area contributed by atoms with Gasteiger partial charge in [-0.05, 0) is 23.9 Å². The van der Waals surface area contributed by atoms with E-state index in [4.69, 9.17) is 0 Å². The summed E-state index contributed by atoms with van der Waals surface area (Å²) in [6.45, 7) is 1.10. The Morgan fingerprint density at radius 2 is 2.19 bits per heavy atom. The molecule has 0 saturated carbocycles. The van der Waals surface area contributed by atoms with Crippen LogP contribution in [0.5, 0.6) is 0 Å². The molecule has 1 N–H and O–H groups in total. The first-order valence-corrected chi connectivity index (χ1v) is 7.66. The molecule has 0 bridgehead atoms. The summed E-state index contributed by atoms with van der Waals surface area (Å²) in [6.07, 6.45) is 1.33. The summed E-state index contributed by atoms with van der Waals surface area (Å²) in [5, 5.41) is 3.71. The molecule has 6 heteroatoms. The van der Waals surface area contributed by atoms with Crippen LogP contribution in [0.15, 0.2) is 24.3 Å². The molecule has 1 aromatic carbocycles. The molecule has 4 rings (SSSR count). The van der Waals surface area contributed by atoms with Crippen LogP contribution in [0.25, 0.3) is 10.1 Å². The molecule has 4 nitrogen and oxygen atoms in total. The van der Waals surface area contributed by atoms with Crippen LogP contribution in [0.1, 0.15) is 22.5 Å². The van der Waals surface area contributed by atoms with Gasteiger partial charge in [0.1, 0.15) is 5.82 Å². The number of nitrogens with one attached hydrogen (secondary N) is 1. The van der Waals surface area contributed by atoms with Gasteiger partial charge in [-0.1, -0.05) is 12.1 Å². The maximum absolute atomic E-state index is 13.7. The Morgan fingerprint density at radius 1 is 1.38 bits per heavy atom. The highest BCUT2D eigenvalue weighted by atomic mass is 32.1. The van der Waals surface area contributed by atoms with Gasteiger partial charge in [0.05, 0.1) is 15.1 Å². The van der Waals surface area contributed by atoms with E-state index >= 15 is 0 Å². The standard InChI is InChI=1S/C15H13FN2O2S/c16-10-3-1-2-9-6-11(21-13(9)10)14(20)18-7-15(8-18)5-4-12(19)17-15/h1-3,6H,4-5,7-8H2,(H,17,19). The third-order valence-corrected chi connectivity index (χ3v) is 5.36. The van der Waals surface area contributed by atoms with Crippen molar-refractivity contribution in [2.24, 2.45) is 0 Å². The third-order valence-electron chi connectivity index (χ3n) is 4.22. The van der Waals surface area contributed by atoms with E-state index in [0.29, 0.717) is 29.1 Å². The van der Waals surface area contributed by atoms with Crippen molar-refractivity contribution in [1.29, 1.82) is 0 Å². The van der Waals surface area contributed by atoms with E-state index in [-0.39, 0.29) is 23.2 Å². The Bertz CT molecular complexity index is 764. The predicted octanol–water partition coefficient (Wildman–Crippen LogP) is 2.15. The summed E-state index contributed by atoms with van der Waals surface area (Å²) in [6, 6.07) is 6.59. The van der Waals surface area contributed by atoms with E-state index in [1.807, 2.05) is 0 Å². The van der Waals surface area contributed by atoms with Crippen molar-refractivity contribution in [3.63, 3.8) is 0 Å². The molecule has 2 saturated heterocycles. The SMILES string of the molecule is O=C1CCC2(CN(C(=O)c3cc4cccc(F)c4s3)C2)N1. The van der Waals surface area contributed by atoms with Gasteiger partial charge in [0.2, 0.25) is 5.91 Å². The van der Waals surface area contributed by atoms with Crippen molar-refractivity contribution in [2.45, 2.75) is 18.4 Å². The molecule has 2 aliphatic heterocycles. The fourth-order valence-corrected chi connectivity index (χ4v) is 4.16. The van der Waals surface area contributed by atoms with E-state index in [2.05, 4.69) is 5.32 Å². The first-order valence-electron chi connectivity index (χ1n) is 6.85. The maximum Gasteiger partial charge on any atom is 0.264 e. The average Bonchev–Trinajstić information content (AvgIpc) is 3.01. The molecule has 1 aromatic heterocycles. The monoisotopic (exact) mass is 304 g/mol. The smallest absolute Gasteiger partial charge is 0.264 e. The van der Waals surface area contributed by atoms with Gasteiger partial charge in [0.15, 0.2) is 0 Å². The molecule has 0 aliphatic carbocycles. The van der Waals surface area contributed by atoms with Gasteiger partial charge in [-0.25, -0.2) is 4.39 Å². The highest BCUT2D eigenvalue weighted by Crippen LogP contribution is 2.34. The van der Waals surface area contributed by atoms with Crippen molar-refractivity contribution in [1.82, 2.24) is 10.2 Å². The summed E-state index contributed by atoms with van der Waals surface area (Å²) in [5.74, 6) is -0.312. The molecular formula is C15H13FN2O2S. The molecular weight excluding hydrogens is 291 g/mol. The van der Waals surface area contributed by atoms with Crippen molar-refractivity contribution < 1.29 is 14.0 Å². The lowest BCUT2D eigenvalue weighted by atomic mass is 9.88. The van der Waals surface area contributed by atoms with Crippen molar-refractivity contribution in [3.05, 3.63) is 35.0 Å². The van der Waals surface area contributed by atoms with E-state index in [1.165, 1.54) is 17.4 Å². The Balaban J connectivity index is 1.55. The topological polar surface area (TPSA) is 49.4 Å². The number of carbonyl (C=O) groups is 2. The summed E-state index contributed by atoms with van der Waals surface area (Å²) in [4.78, 5) is 26.0. The molecule has 108 valence electrons. The molecule has 2 fully saturated rings. The summed E-state index contributed by atoms with van der Waals surface area (Å²) < 4.78 is 14.2. The molecule has 21 heavy (non-hydrogen) atoms. The fourth-order valence-electron chi connectivity index (χ4n) is 3.13. The number of rotatable bonds is 1. The zero-order valence-electron chi connectivity index (χ0n) is 11.2. The molecule has 2 amide bonds. The average molecular weight is 304 g/mol. The van der Waals surface area contributed by atoms with Crippen molar-refractivity contribution >= 4 is 33.2 Å². The number of likely N-dealkylation sites (tertiary alicyclic amines) is 1. The molecule has 0 atom stereocenters. The van der Waals surface area contributed by atoms with E-state index < -0.39 is 0 Å². The van der Waals surface area contributed by atoms with Crippen LogP contribution in [-0.4, -0.2) is 35.3 Å².